The molecule has 1 aromatic rings. The second-order valence-corrected chi connectivity index (χ2v) is 9.20. The Morgan fingerprint density at radius 2 is 1.95 bits per heavy atom. The lowest BCUT2D eigenvalue weighted by Crippen LogP contribution is -2.65. The molecule has 1 fully saturated rings. The van der Waals surface area contributed by atoms with Crippen LogP contribution in [0.2, 0.25) is 0 Å². The van der Waals surface area contributed by atoms with Gasteiger partial charge in [-0.1, -0.05) is 12.1 Å². The minimum absolute atomic E-state index is 0.00243. The molecule has 21 heavy (non-hydrogen) atoms. The van der Waals surface area contributed by atoms with Crippen LogP contribution < -0.4 is 4.72 Å². The second-order valence-electron chi connectivity index (χ2n) is 5.33. The summed E-state index contributed by atoms with van der Waals surface area (Å²) in [5.74, 6) is -1.28. The van der Waals surface area contributed by atoms with Crippen molar-refractivity contribution < 1.29 is 26.0 Å². The number of ether oxygens (including phenoxy) is 1. The summed E-state index contributed by atoms with van der Waals surface area (Å²) in [5.41, 5.74) is -0.836. The zero-order chi connectivity index (χ0) is 15.7. The van der Waals surface area contributed by atoms with Crippen molar-refractivity contribution in [1.29, 1.82) is 0 Å². The zero-order valence-corrected chi connectivity index (χ0v) is 13.0. The van der Waals surface area contributed by atoms with Gasteiger partial charge >= 0.3 is 0 Å². The van der Waals surface area contributed by atoms with Gasteiger partial charge in [-0.15, -0.1) is 0 Å². The van der Waals surface area contributed by atoms with Crippen molar-refractivity contribution in [1.82, 2.24) is 4.72 Å². The van der Waals surface area contributed by atoms with Crippen molar-refractivity contribution in [2.75, 3.05) is 25.2 Å². The lowest BCUT2D eigenvalue weighted by Gasteiger charge is -2.40. The molecule has 0 radical (unpaired) electrons. The molecule has 1 aliphatic heterocycles. The fourth-order valence-corrected chi connectivity index (χ4v) is 5.11. The molecule has 1 N–H and O–H groups in total. The van der Waals surface area contributed by atoms with Crippen LogP contribution in [0.3, 0.4) is 0 Å². The van der Waals surface area contributed by atoms with E-state index in [4.69, 9.17) is 4.74 Å². The molecular formula is C12H16FNO5S2. The van der Waals surface area contributed by atoms with Gasteiger partial charge < -0.3 is 4.74 Å². The molecule has 1 saturated heterocycles. The van der Waals surface area contributed by atoms with Gasteiger partial charge in [-0.3, -0.25) is 0 Å². The standard InChI is InChI=1S/C12H16FNO5S2/c1-20(15,16)9-12(7-19-8-12)14-21(17,18)6-10-3-2-4-11(13)5-10/h2-5,14H,6-9H2,1H3. The highest BCUT2D eigenvalue weighted by molar-refractivity contribution is 7.91. The maximum Gasteiger partial charge on any atom is 0.216 e. The number of sulfonamides is 1. The van der Waals surface area contributed by atoms with E-state index in [0.29, 0.717) is 0 Å². The normalized spacial score (nSPS) is 18.2. The van der Waals surface area contributed by atoms with E-state index in [-0.39, 0.29) is 24.5 Å². The molecule has 1 aliphatic rings. The molecule has 2 rings (SSSR count). The van der Waals surface area contributed by atoms with Crippen molar-refractivity contribution in [3.05, 3.63) is 35.6 Å². The molecule has 6 nitrogen and oxygen atoms in total. The second kappa shape index (κ2) is 5.64. The molecular weight excluding hydrogens is 321 g/mol. The first-order valence-corrected chi connectivity index (χ1v) is 9.82. The first-order valence-electron chi connectivity index (χ1n) is 6.11. The summed E-state index contributed by atoms with van der Waals surface area (Å²) in [6, 6.07) is 5.25. The predicted molar refractivity (Wildman–Crippen MR) is 75.4 cm³/mol. The van der Waals surface area contributed by atoms with Crippen molar-refractivity contribution in [3.8, 4) is 0 Å². The Hall–Kier alpha value is -1.03. The van der Waals surface area contributed by atoms with Gasteiger partial charge in [-0.25, -0.2) is 25.9 Å². The number of hydrogen-bond acceptors (Lipinski definition) is 5. The number of hydrogen-bond donors (Lipinski definition) is 1. The summed E-state index contributed by atoms with van der Waals surface area (Å²) in [6.07, 6.45) is 1.04. The number of benzene rings is 1. The third-order valence-corrected chi connectivity index (χ3v) is 5.45. The van der Waals surface area contributed by atoms with E-state index in [2.05, 4.69) is 4.72 Å². The molecule has 0 saturated carbocycles. The maximum absolute atomic E-state index is 13.1. The third-order valence-electron chi connectivity index (χ3n) is 2.91. The van der Waals surface area contributed by atoms with E-state index >= 15 is 0 Å². The molecule has 1 heterocycles. The smallest absolute Gasteiger partial charge is 0.216 e. The van der Waals surface area contributed by atoms with Gasteiger partial charge in [0, 0.05) is 6.26 Å². The first-order chi connectivity index (χ1) is 9.59. The van der Waals surface area contributed by atoms with Gasteiger partial charge in [0.25, 0.3) is 0 Å². The summed E-state index contributed by atoms with van der Waals surface area (Å²) in [7, 11) is -7.16. The molecule has 0 aromatic heterocycles. The molecule has 1 aromatic carbocycles. The van der Waals surface area contributed by atoms with Gasteiger partial charge in [-0.05, 0) is 17.7 Å². The number of halogens is 1. The van der Waals surface area contributed by atoms with E-state index in [1.807, 2.05) is 0 Å². The summed E-state index contributed by atoms with van der Waals surface area (Å²) in [5, 5.41) is 0. The third kappa shape index (κ3) is 4.73. The van der Waals surface area contributed by atoms with Gasteiger partial charge in [0.05, 0.1) is 30.3 Å². The van der Waals surface area contributed by atoms with E-state index in [1.165, 1.54) is 18.2 Å². The Morgan fingerprint density at radius 3 is 2.43 bits per heavy atom. The monoisotopic (exact) mass is 337 g/mol. The van der Waals surface area contributed by atoms with E-state index in [0.717, 1.165) is 12.3 Å². The van der Waals surface area contributed by atoms with E-state index < -0.39 is 37.0 Å². The van der Waals surface area contributed by atoms with Gasteiger partial charge in [0.1, 0.15) is 15.7 Å². The van der Waals surface area contributed by atoms with Crippen LogP contribution >= 0.6 is 0 Å². The van der Waals surface area contributed by atoms with Crippen molar-refractivity contribution >= 4 is 19.9 Å². The molecule has 0 aliphatic carbocycles. The summed E-state index contributed by atoms with van der Waals surface area (Å²) in [4.78, 5) is 0. The topological polar surface area (TPSA) is 89.5 Å². The van der Waals surface area contributed by atoms with Crippen LogP contribution in [0.5, 0.6) is 0 Å². The van der Waals surface area contributed by atoms with Crippen molar-refractivity contribution in [2.24, 2.45) is 0 Å². The van der Waals surface area contributed by atoms with E-state index in [1.54, 1.807) is 0 Å². The highest BCUT2D eigenvalue weighted by Gasteiger charge is 2.44. The highest BCUT2D eigenvalue weighted by atomic mass is 32.2. The zero-order valence-electron chi connectivity index (χ0n) is 11.4. The Kier molecular flexibility index (Phi) is 4.39. The summed E-state index contributed by atoms with van der Waals surface area (Å²) in [6.45, 7) is 0.00486. The highest BCUT2D eigenvalue weighted by Crippen LogP contribution is 2.21. The van der Waals surface area contributed by atoms with Crippen LogP contribution in [0.25, 0.3) is 0 Å². The number of nitrogens with one attached hydrogen (secondary N) is 1. The van der Waals surface area contributed by atoms with Crippen LogP contribution in [0, 0.1) is 5.82 Å². The van der Waals surface area contributed by atoms with Crippen LogP contribution in [0.4, 0.5) is 4.39 Å². The average molecular weight is 337 g/mol. The number of rotatable bonds is 6. The van der Waals surface area contributed by atoms with Gasteiger partial charge in [0.15, 0.2) is 0 Å². The molecule has 0 atom stereocenters. The minimum atomic E-state index is -3.80. The Bertz CT molecular complexity index is 726. The van der Waals surface area contributed by atoms with Gasteiger partial charge in [0.2, 0.25) is 10.0 Å². The van der Waals surface area contributed by atoms with Crippen LogP contribution in [-0.4, -0.2) is 47.6 Å². The average Bonchev–Trinajstić information content (AvgIpc) is 2.22. The predicted octanol–water partition coefficient (Wildman–Crippen LogP) is 0.0587. The van der Waals surface area contributed by atoms with Crippen molar-refractivity contribution in [3.63, 3.8) is 0 Å². The maximum atomic E-state index is 13.1. The minimum Gasteiger partial charge on any atom is -0.377 e. The molecule has 0 amide bonds. The van der Waals surface area contributed by atoms with Crippen LogP contribution in [0.15, 0.2) is 24.3 Å². The van der Waals surface area contributed by atoms with Crippen LogP contribution in [-0.2, 0) is 30.4 Å². The van der Waals surface area contributed by atoms with Crippen molar-refractivity contribution in [2.45, 2.75) is 11.3 Å². The SMILES string of the molecule is CS(=O)(=O)CC1(NS(=O)(=O)Cc2cccc(F)c2)COC1. The lowest BCUT2D eigenvalue weighted by molar-refractivity contribution is -0.0504. The lowest BCUT2D eigenvalue weighted by atomic mass is 10.0. The molecule has 0 bridgehead atoms. The first kappa shape index (κ1) is 16.3. The molecule has 0 unspecified atom stereocenters. The van der Waals surface area contributed by atoms with E-state index in [9.17, 15) is 21.2 Å². The molecule has 0 spiro atoms. The fraction of sp³-hybridized carbons (Fsp3) is 0.500. The number of sulfone groups is 1. The quantitative estimate of drug-likeness (QED) is 0.793. The summed E-state index contributed by atoms with van der Waals surface area (Å²) < 4.78 is 67.4. The molecule has 9 heteroatoms. The molecule has 118 valence electrons. The largest absolute Gasteiger partial charge is 0.377 e. The summed E-state index contributed by atoms with van der Waals surface area (Å²) >= 11 is 0. The Balaban J connectivity index is 2.13. The van der Waals surface area contributed by atoms with Crippen LogP contribution in [0.1, 0.15) is 5.56 Å². The van der Waals surface area contributed by atoms with Gasteiger partial charge in [-0.2, -0.15) is 0 Å². The fourth-order valence-electron chi connectivity index (χ4n) is 2.23. The Labute approximate surface area is 123 Å². The Morgan fingerprint density at radius 1 is 1.29 bits per heavy atom.